The number of rotatable bonds is 3. The molecule has 2 aromatic rings. The molecule has 0 amide bonds. The molecule has 1 aliphatic heterocycles. The van der Waals surface area contributed by atoms with Gasteiger partial charge in [-0.3, -0.25) is 0 Å². The molecule has 1 saturated heterocycles. The molecule has 6 heteroatoms. The maximum Gasteiger partial charge on any atom is 0.335 e. The van der Waals surface area contributed by atoms with Crippen molar-refractivity contribution in [2.75, 3.05) is 13.6 Å². The van der Waals surface area contributed by atoms with Crippen molar-refractivity contribution in [3.63, 3.8) is 0 Å². The van der Waals surface area contributed by atoms with Crippen LogP contribution >= 0.6 is 0 Å². The minimum absolute atomic E-state index is 0.240. The predicted molar refractivity (Wildman–Crippen MR) is 69.3 cm³/mol. The van der Waals surface area contributed by atoms with Gasteiger partial charge in [0.2, 0.25) is 0 Å². The Morgan fingerprint density at radius 2 is 2.42 bits per heavy atom. The molecule has 100 valence electrons. The number of hydrogen-bond donors (Lipinski definition) is 1. The van der Waals surface area contributed by atoms with Crippen molar-refractivity contribution in [3.8, 4) is 0 Å². The van der Waals surface area contributed by atoms with Crippen molar-refractivity contribution >= 4 is 11.6 Å². The van der Waals surface area contributed by atoms with Crippen LogP contribution in [0, 0.1) is 0 Å². The molecule has 0 bridgehead atoms. The molecule has 0 spiro atoms. The number of likely N-dealkylation sites (tertiary alicyclic amines) is 1. The Morgan fingerprint density at radius 1 is 1.58 bits per heavy atom. The first kappa shape index (κ1) is 12.1. The second-order valence-electron chi connectivity index (χ2n) is 5.03. The summed E-state index contributed by atoms with van der Waals surface area (Å²) in [4.78, 5) is 17.7. The first-order chi connectivity index (χ1) is 9.13. The standard InChI is InChI=1S/C13H16N4O2/c1-16-5-2-3-10(16)8-11-14-12-7-9(13(18)19)4-6-17(12)15-11/h4,6-7,10H,2-3,5,8H2,1H3,(H,18,19). The third-order valence-corrected chi connectivity index (χ3v) is 3.72. The summed E-state index contributed by atoms with van der Waals surface area (Å²) in [5.41, 5.74) is 0.833. The van der Waals surface area contributed by atoms with Crippen molar-refractivity contribution in [1.82, 2.24) is 19.5 Å². The molecule has 19 heavy (non-hydrogen) atoms. The van der Waals surface area contributed by atoms with Gasteiger partial charge in [0, 0.05) is 18.7 Å². The summed E-state index contributed by atoms with van der Waals surface area (Å²) in [7, 11) is 2.12. The summed E-state index contributed by atoms with van der Waals surface area (Å²) in [5.74, 6) is -0.163. The molecule has 0 aromatic carbocycles. The number of aromatic carboxylic acids is 1. The number of pyridine rings is 1. The minimum Gasteiger partial charge on any atom is -0.478 e. The Labute approximate surface area is 110 Å². The monoisotopic (exact) mass is 260 g/mol. The van der Waals surface area contributed by atoms with Gasteiger partial charge in [0.1, 0.15) is 0 Å². The molecule has 0 saturated carbocycles. The maximum atomic E-state index is 10.9. The van der Waals surface area contributed by atoms with E-state index in [1.54, 1.807) is 16.8 Å². The molecule has 2 aromatic heterocycles. The van der Waals surface area contributed by atoms with Gasteiger partial charge >= 0.3 is 5.97 Å². The number of aromatic nitrogens is 3. The van der Waals surface area contributed by atoms with Crippen molar-refractivity contribution < 1.29 is 9.90 Å². The third-order valence-electron chi connectivity index (χ3n) is 3.72. The van der Waals surface area contributed by atoms with Crippen LogP contribution in [-0.4, -0.2) is 50.2 Å². The number of fused-ring (bicyclic) bond motifs is 1. The van der Waals surface area contributed by atoms with Crippen LogP contribution in [0.2, 0.25) is 0 Å². The number of hydrogen-bond acceptors (Lipinski definition) is 4. The lowest BCUT2D eigenvalue weighted by Gasteiger charge is -2.17. The van der Waals surface area contributed by atoms with Gasteiger partial charge in [0.25, 0.3) is 0 Å². The lowest BCUT2D eigenvalue weighted by Crippen LogP contribution is -2.27. The van der Waals surface area contributed by atoms with E-state index in [1.165, 1.54) is 18.9 Å². The van der Waals surface area contributed by atoms with E-state index >= 15 is 0 Å². The van der Waals surface area contributed by atoms with E-state index in [2.05, 4.69) is 22.0 Å². The van der Waals surface area contributed by atoms with Gasteiger partial charge in [-0.1, -0.05) is 0 Å². The Balaban J connectivity index is 1.87. The second kappa shape index (κ2) is 4.62. The summed E-state index contributed by atoms with van der Waals surface area (Å²) in [5, 5.41) is 13.3. The van der Waals surface area contributed by atoms with Crippen molar-refractivity contribution in [3.05, 3.63) is 29.7 Å². The highest BCUT2D eigenvalue weighted by Gasteiger charge is 2.22. The molecular weight excluding hydrogens is 244 g/mol. The zero-order valence-electron chi connectivity index (χ0n) is 10.8. The number of carboxylic acid groups (broad SMARTS) is 1. The highest BCUT2D eigenvalue weighted by atomic mass is 16.4. The zero-order chi connectivity index (χ0) is 13.4. The molecule has 1 fully saturated rings. The van der Waals surface area contributed by atoms with E-state index in [9.17, 15) is 4.79 Å². The van der Waals surface area contributed by atoms with Crippen LogP contribution < -0.4 is 0 Å². The summed E-state index contributed by atoms with van der Waals surface area (Å²) in [6, 6.07) is 3.59. The molecule has 1 unspecified atom stereocenters. The van der Waals surface area contributed by atoms with Gasteiger partial charge < -0.3 is 10.0 Å². The van der Waals surface area contributed by atoms with E-state index in [1.807, 2.05) is 0 Å². The van der Waals surface area contributed by atoms with Crippen molar-refractivity contribution in [2.24, 2.45) is 0 Å². The van der Waals surface area contributed by atoms with Crippen LogP contribution in [0.1, 0.15) is 29.0 Å². The lowest BCUT2D eigenvalue weighted by molar-refractivity contribution is 0.0697. The number of nitrogens with zero attached hydrogens (tertiary/aromatic N) is 4. The van der Waals surface area contributed by atoms with E-state index in [0.717, 1.165) is 18.8 Å². The van der Waals surface area contributed by atoms with Gasteiger partial charge in [0.05, 0.1) is 5.56 Å². The Morgan fingerprint density at radius 3 is 3.11 bits per heavy atom. The van der Waals surface area contributed by atoms with Gasteiger partial charge in [-0.05, 0) is 38.6 Å². The third kappa shape index (κ3) is 2.31. The average Bonchev–Trinajstić information content (AvgIpc) is 2.95. The predicted octanol–water partition coefficient (Wildman–Crippen LogP) is 1.06. The van der Waals surface area contributed by atoms with Crippen molar-refractivity contribution in [2.45, 2.75) is 25.3 Å². The Hall–Kier alpha value is -1.95. The van der Waals surface area contributed by atoms with Gasteiger partial charge in [-0.15, -0.1) is 0 Å². The highest BCUT2D eigenvalue weighted by molar-refractivity contribution is 5.88. The fraction of sp³-hybridized carbons (Fsp3) is 0.462. The SMILES string of the molecule is CN1CCCC1Cc1nc2cc(C(=O)O)ccn2n1. The fourth-order valence-corrected chi connectivity index (χ4v) is 2.60. The summed E-state index contributed by atoms with van der Waals surface area (Å²) in [6.45, 7) is 1.13. The largest absolute Gasteiger partial charge is 0.478 e. The van der Waals surface area contributed by atoms with E-state index in [0.29, 0.717) is 11.7 Å². The summed E-state index contributed by atoms with van der Waals surface area (Å²) in [6.07, 6.45) is 4.86. The maximum absolute atomic E-state index is 10.9. The highest BCUT2D eigenvalue weighted by Crippen LogP contribution is 2.18. The first-order valence-electron chi connectivity index (χ1n) is 6.42. The zero-order valence-corrected chi connectivity index (χ0v) is 10.8. The summed E-state index contributed by atoms with van der Waals surface area (Å²) >= 11 is 0. The van der Waals surface area contributed by atoms with Crippen LogP contribution in [0.15, 0.2) is 18.3 Å². The van der Waals surface area contributed by atoms with Crippen LogP contribution in [0.25, 0.3) is 5.65 Å². The molecule has 3 heterocycles. The molecule has 0 aliphatic carbocycles. The molecular formula is C13H16N4O2. The normalized spacial score (nSPS) is 20.2. The molecule has 1 aliphatic rings. The lowest BCUT2D eigenvalue weighted by atomic mass is 10.1. The Bertz CT molecular complexity index is 622. The summed E-state index contributed by atoms with van der Waals surface area (Å²) < 4.78 is 1.64. The van der Waals surface area contributed by atoms with Gasteiger partial charge in [0.15, 0.2) is 11.5 Å². The number of carboxylic acids is 1. The van der Waals surface area contributed by atoms with Crippen LogP contribution in [0.4, 0.5) is 0 Å². The van der Waals surface area contributed by atoms with Crippen LogP contribution in [0.3, 0.4) is 0 Å². The first-order valence-corrected chi connectivity index (χ1v) is 6.42. The second-order valence-corrected chi connectivity index (χ2v) is 5.03. The number of carbonyl (C=O) groups is 1. The van der Waals surface area contributed by atoms with E-state index < -0.39 is 5.97 Å². The average molecular weight is 260 g/mol. The van der Waals surface area contributed by atoms with Crippen LogP contribution in [-0.2, 0) is 6.42 Å². The molecule has 3 rings (SSSR count). The van der Waals surface area contributed by atoms with E-state index in [4.69, 9.17) is 5.11 Å². The smallest absolute Gasteiger partial charge is 0.335 e. The molecule has 1 atom stereocenters. The quantitative estimate of drug-likeness (QED) is 0.893. The fourth-order valence-electron chi connectivity index (χ4n) is 2.60. The van der Waals surface area contributed by atoms with Gasteiger partial charge in [-0.25, -0.2) is 14.3 Å². The Kier molecular flexibility index (Phi) is 2.94. The minimum atomic E-state index is -0.942. The topological polar surface area (TPSA) is 70.7 Å². The van der Waals surface area contributed by atoms with Crippen molar-refractivity contribution in [1.29, 1.82) is 0 Å². The molecule has 6 nitrogen and oxygen atoms in total. The molecule has 0 radical (unpaired) electrons. The van der Waals surface area contributed by atoms with E-state index in [-0.39, 0.29) is 5.56 Å². The number of likely N-dealkylation sites (N-methyl/N-ethyl adjacent to an activating group) is 1. The van der Waals surface area contributed by atoms with Gasteiger partial charge in [-0.2, -0.15) is 5.10 Å². The van der Waals surface area contributed by atoms with Crippen LogP contribution in [0.5, 0.6) is 0 Å². The molecule has 1 N–H and O–H groups in total.